The first-order valence-electron chi connectivity index (χ1n) is 6.45. The van der Waals surface area contributed by atoms with Crippen LogP contribution in [-0.2, 0) is 5.41 Å². The van der Waals surface area contributed by atoms with Gasteiger partial charge in [-0.2, -0.15) is 0 Å². The summed E-state index contributed by atoms with van der Waals surface area (Å²) in [5, 5.41) is 0. The van der Waals surface area contributed by atoms with Crippen LogP contribution in [0.25, 0.3) is 0 Å². The topological polar surface area (TPSA) is 0 Å². The zero-order chi connectivity index (χ0) is 10.9. The number of hydrogen-bond donors (Lipinski definition) is 0. The van der Waals surface area contributed by atoms with Crippen molar-refractivity contribution in [3.8, 4) is 0 Å². The molecule has 15 heavy (non-hydrogen) atoms. The summed E-state index contributed by atoms with van der Waals surface area (Å²) in [5.41, 5.74) is 3.99. The number of fused-ring (bicyclic) bond motifs is 2. The van der Waals surface area contributed by atoms with Gasteiger partial charge in [0.2, 0.25) is 0 Å². The lowest BCUT2D eigenvalue weighted by atomic mass is 9.97. The van der Waals surface area contributed by atoms with E-state index in [2.05, 4.69) is 31.2 Å². The average Bonchev–Trinajstić information content (AvgIpc) is 3.02. The van der Waals surface area contributed by atoms with Crippen molar-refractivity contribution in [2.45, 2.75) is 57.8 Å². The van der Waals surface area contributed by atoms with Crippen LogP contribution < -0.4 is 0 Å². The molecule has 3 rings (SSSR count). The van der Waals surface area contributed by atoms with Gasteiger partial charge in [-0.25, -0.2) is 0 Å². The van der Waals surface area contributed by atoms with Gasteiger partial charge in [-0.05, 0) is 48.1 Å². The smallest absolute Gasteiger partial charge is 0.00377 e. The summed E-state index contributed by atoms with van der Waals surface area (Å²) in [6.45, 7) is 6.32. The van der Waals surface area contributed by atoms with Crippen molar-refractivity contribution in [1.29, 1.82) is 0 Å². The molecule has 1 aromatic carbocycles. The first kappa shape index (κ1) is 10.7. The molecule has 0 aliphatic heterocycles. The van der Waals surface area contributed by atoms with Gasteiger partial charge in [0.1, 0.15) is 0 Å². The highest BCUT2D eigenvalue weighted by atomic mass is 14.5. The summed E-state index contributed by atoms with van der Waals surface area (Å²) in [5.74, 6) is 0.860. The van der Waals surface area contributed by atoms with E-state index in [4.69, 9.17) is 0 Å². The second-order valence-electron chi connectivity index (χ2n) is 4.68. The van der Waals surface area contributed by atoms with Crippen LogP contribution >= 0.6 is 0 Å². The highest BCUT2D eigenvalue weighted by molar-refractivity contribution is 5.46. The Balaban J connectivity index is 0.000000404. The molecule has 0 radical (unpaired) electrons. The first-order chi connectivity index (χ1) is 7.36. The van der Waals surface area contributed by atoms with Crippen LogP contribution in [0.3, 0.4) is 0 Å². The van der Waals surface area contributed by atoms with Crippen molar-refractivity contribution in [3.63, 3.8) is 0 Å². The molecule has 2 aliphatic rings. The van der Waals surface area contributed by atoms with Crippen molar-refractivity contribution in [2.24, 2.45) is 0 Å². The van der Waals surface area contributed by atoms with Crippen molar-refractivity contribution in [1.82, 2.24) is 0 Å². The van der Waals surface area contributed by atoms with Gasteiger partial charge < -0.3 is 0 Å². The lowest BCUT2D eigenvalue weighted by molar-refractivity contribution is 0.568. The average molecular weight is 202 g/mol. The SMILES string of the molecule is CC.CCC1CC2(CC2)c2ccccc21. The highest BCUT2D eigenvalue weighted by Gasteiger charge is 2.51. The second-order valence-corrected chi connectivity index (χ2v) is 4.68. The molecule has 0 saturated heterocycles. The molecular weight excluding hydrogens is 180 g/mol. The summed E-state index contributed by atoms with van der Waals surface area (Å²) in [4.78, 5) is 0. The van der Waals surface area contributed by atoms with Gasteiger partial charge >= 0.3 is 0 Å². The first-order valence-corrected chi connectivity index (χ1v) is 6.45. The largest absolute Gasteiger partial charge is 0.0683 e. The second kappa shape index (κ2) is 4.00. The maximum absolute atomic E-state index is 2.36. The standard InChI is InChI=1S/C13H16.C2H6/c1-2-10-9-13(7-8-13)12-6-4-3-5-11(10)12;1-2/h3-6,10H,2,7-9H2,1H3;1-2H3. The predicted octanol–water partition coefficient (Wildman–Crippen LogP) is 4.64. The Morgan fingerprint density at radius 3 is 2.47 bits per heavy atom. The van der Waals surface area contributed by atoms with E-state index in [9.17, 15) is 0 Å². The number of rotatable bonds is 1. The molecule has 0 aromatic heterocycles. The van der Waals surface area contributed by atoms with E-state index < -0.39 is 0 Å². The molecule has 1 fully saturated rings. The molecule has 1 saturated carbocycles. The lowest BCUT2D eigenvalue weighted by Crippen LogP contribution is -1.99. The zero-order valence-electron chi connectivity index (χ0n) is 10.2. The van der Waals surface area contributed by atoms with Gasteiger partial charge in [0.15, 0.2) is 0 Å². The normalized spacial score (nSPS) is 24.3. The van der Waals surface area contributed by atoms with Crippen LogP contribution in [0.4, 0.5) is 0 Å². The molecule has 1 aromatic rings. The van der Waals surface area contributed by atoms with Crippen molar-refractivity contribution in [2.75, 3.05) is 0 Å². The van der Waals surface area contributed by atoms with Crippen molar-refractivity contribution >= 4 is 0 Å². The third kappa shape index (κ3) is 1.60. The van der Waals surface area contributed by atoms with Crippen molar-refractivity contribution in [3.05, 3.63) is 35.4 Å². The van der Waals surface area contributed by atoms with Gasteiger partial charge in [-0.3, -0.25) is 0 Å². The maximum atomic E-state index is 2.36. The molecule has 0 heteroatoms. The lowest BCUT2D eigenvalue weighted by Gasteiger charge is -2.06. The van der Waals surface area contributed by atoms with E-state index >= 15 is 0 Å². The Hall–Kier alpha value is -0.780. The molecule has 1 spiro atoms. The van der Waals surface area contributed by atoms with Gasteiger partial charge in [0.05, 0.1) is 0 Å². The fourth-order valence-electron chi connectivity index (χ4n) is 3.02. The van der Waals surface area contributed by atoms with Crippen LogP contribution in [0.15, 0.2) is 24.3 Å². The molecule has 82 valence electrons. The van der Waals surface area contributed by atoms with Crippen LogP contribution in [0.2, 0.25) is 0 Å². The van der Waals surface area contributed by atoms with E-state index in [0.717, 1.165) is 5.92 Å². The molecule has 1 atom stereocenters. The Morgan fingerprint density at radius 1 is 1.20 bits per heavy atom. The summed E-state index contributed by atoms with van der Waals surface area (Å²) < 4.78 is 0. The quantitative estimate of drug-likeness (QED) is 0.622. The fraction of sp³-hybridized carbons (Fsp3) is 0.600. The number of hydrogen-bond acceptors (Lipinski definition) is 0. The van der Waals surface area contributed by atoms with E-state index in [-0.39, 0.29) is 0 Å². The maximum Gasteiger partial charge on any atom is -0.00377 e. The minimum absolute atomic E-state index is 0.650. The monoisotopic (exact) mass is 202 g/mol. The van der Waals surface area contributed by atoms with E-state index in [1.165, 1.54) is 25.7 Å². The summed E-state index contributed by atoms with van der Waals surface area (Å²) in [6, 6.07) is 9.11. The summed E-state index contributed by atoms with van der Waals surface area (Å²) in [6.07, 6.45) is 5.64. The van der Waals surface area contributed by atoms with Crippen LogP contribution in [-0.4, -0.2) is 0 Å². The molecule has 0 bridgehead atoms. The Morgan fingerprint density at radius 2 is 1.87 bits per heavy atom. The van der Waals surface area contributed by atoms with Crippen LogP contribution in [0.1, 0.15) is 63.5 Å². The third-order valence-electron chi connectivity index (χ3n) is 3.96. The van der Waals surface area contributed by atoms with E-state index in [1.54, 1.807) is 11.1 Å². The Labute approximate surface area is 93.7 Å². The molecule has 2 aliphatic carbocycles. The third-order valence-corrected chi connectivity index (χ3v) is 3.96. The van der Waals surface area contributed by atoms with Crippen LogP contribution in [0, 0.1) is 0 Å². The highest BCUT2D eigenvalue weighted by Crippen LogP contribution is 2.61. The molecule has 1 unspecified atom stereocenters. The Bertz CT molecular complexity index is 334. The molecule has 0 amide bonds. The van der Waals surface area contributed by atoms with Gasteiger partial charge in [0, 0.05) is 0 Å². The zero-order valence-corrected chi connectivity index (χ0v) is 10.2. The molecule has 0 nitrogen and oxygen atoms in total. The number of benzene rings is 1. The summed E-state index contributed by atoms with van der Waals surface area (Å²) >= 11 is 0. The van der Waals surface area contributed by atoms with Gasteiger partial charge in [0.25, 0.3) is 0 Å². The van der Waals surface area contributed by atoms with Crippen molar-refractivity contribution < 1.29 is 0 Å². The fourth-order valence-corrected chi connectivity index (χ4v) is 3.02. The van der Waals surface area contributed by atoms with Crippen LogP contribution in [0.5, 0.6) is 0 Å². The molecule has 0 N–H and O–H groups in total. The molecular formula is C15H22. The Kier molecular flexibility index (Phi) is 2.86. The van der Waals surface area contributed by atoms with E-state index in [1.807, 2.05) is 13.8 Å². The minimum atomic E-state index is 0.650. The minimum Gasteiger partial charge on any atom is -0.0683 e. The van der Waals surface area contributed by atoms with Gasteiger partial charge in [-0.15, -0.1) is 0 Å². The van der Waals surface area contributed by atoms with E-state index in [0.29, 0.717) is 5.41 Å². The predicted molar refractivity (Wildman–Crippen MR) is 66.4 cm³/mol. The summed E-state index contributed by atoms with van der Waals surface area (Å²) in [7, 11) is 0. The van der Waals surface area contributed by atoms with Gasteiger partial charge in [-0.1, -0.05) is 45.0 Å². The molecule has 0 heterocycles.